The van der Waals surface area contributed by atoms with Gasteiger partial charge in [-0.3, -0.25) is 0 Å². The van der Waals surface area contributed by atoms with Crippen LogP contribution < -0.4 is 0 Å². The average Bonchev–Trinajstić information content (AvgIpc) is 2.08. The van der Waals surface area contributed by atoms with Gasteiger partial charge in [-0.2, -0.15) is 0 Å². The van der Waals surface area contributed by atoms with Crippen LogP contribution in [0.3, 0.4) is 0 Å². The Balaban J connectivity index is -0.00000000487. The SMILES string of the molecule is O=[N+]([O-])O.O=[N+]([O-])O.O=[N+]([O-])O.O=[N+]([O-])O.O=[N+]([O-])O.O=[N+]([O-])O.[CaH2].[CaH2].[CaH2].[CaH2].[CaH2].[CaH2].[CaH2].[CaH2].[CaH2].[CaH2].[CaH2].[CaH2].[CaH2].[CaH2].[CaH2]. The molecule has 0 unspecified atom stereocenters. The number of rotatable bonds is 0. The van der Waals surface area contributed by atoms with E-state index in [9.17, 15) is 0 Å². The van der Waals surface area contributed by atoms with Gasteiger partial charge in [0.05, 0.1) is 0 Å². The van der Waals surface area contributed by atoms with Gasteiger partial charge in [-0.15, -0.1) is 60.7 Å². The van der Waals surface area contributed by atoms with Crippen LogP contribution in [0.4, 0.5) is 0 Å². The van der Waals surface area contributed by atoms with Gasteiger partial charge < -0.3 is 31.2 Å². The molecule has 0 aliphatic carbocycles. The summed E-state index contributed by atoms with van der Waals surface area (Å²) in [4.78, 5) is 50.2. The van der Waals surface area contributed by atoms with Crippen molar-refractivity contribution in [3.8, 4) is 0 Å². The fraction of sp³-hybridized carbons (Fsp3) is 0. The molecule has 0 saturated heterocycles. The van der Waals surface area contributed by atoms with Crippen molar-refractivity contribution in [1.29, 1.82) is 0 Å². The summed E-state index contributed by atoms with van der Waals surface area (Å²) in [7, 11) is 0. The average molecular weight is 1010 g/mol. The van der Waals surface area contributed by atoms with E-state index in [1.54, 1.807) is 0 Å². The Labute approximate surface area is 666 Å². The molecule has 0 amide bonds. The van der Waals surface area contributed by atoms with E-state index in [0.717, 1.165) is 0 Å². The Bertz CT molecular complexity index is 288. The zero-order valence-electron chi connectivity index (χ0n) is 10.3. The summed E-state index contributed by atoms with van der Waals surface area (Å²) in [5.41, 5.74) is 0. The van der Waals surface area contributed by atoms with E-state index < -0.39 is 30.5 Å². The molecule has 0 heterocycles. The van der Waals surface area contributed by atoms with Gasteiger partial charge in [-0.25, -0.2) is 0 Å². The molecule has 6 N–H and O–H groups in total. The summed E-state index contributed by atoms with van der Waals surface area (Å²) >= 11 is 0. The Kier molecular flexibility index (Phi) is 474. The first kappa shape index (κ1) is 140. The topological polar surface area (TPSA) is 380 Å². The van der Waals surface area contributed by atoms with Crippen LogP contribution >= 0.6 is 0 Å². The van der Waals surface area contributed by atoms with Crippen LogP contribution in [-0.2, 0) is 0 Å². The van der Waals surface area contributed by atoms with Crippen LogP contribution in [0.1, 0.15) is 0 Å². The molecule has 0 aliphatic rings. The quantitative estimate of drug-likeness (QED) is 0.0745. The van der Waals surface area contributed by atoms with Crippen molar-refractivity contribution in [1.82, 2.24) is 0 Å². The van der Waals surface area contributed by atoms with Crippen LogP contribution in [0.2, 0.25) is 0 Å². The van der Waals surface area contributed by atoms with Gasteiger partial charge in [0, 0.05) is 0 Å². The molecule has 204 valence electrons. The standard InChI is InChI=1S/15Ca.6HNO3.30H/c;;;;;;;;;;;;;;;6*2-1(3)4;;;;;;;;;;;;;;;;;;;;;;;;;;;;;;/h;;;;;;;;;;;;;;;6*(H,2,3,4);;;;;;;;;;;;;;;;;;;;;;;;;;;;;;. The predicted octanol–water partition coefficient (Wildman–Crippen LogP) is -15.8. The maximum atomic E-state index is 8.36. The molecule has 0 fully saturated rings. The number of hydrogen-bond donors (Lipinski definition) is 6. The van der Waals surface area contributed by atoms with Gasteiger partial charge in [0.2, 0.25) is 0 Å². The molecule has 0 radical (unpaired) electrons. The molecule has 0 saturated carbocycles. The van der Waals surface area contributed by atoms with Crippen LogP contribution in [0.25, 0.3) is 0 Å². The van der Waals surface area contributed by atoms with Crippen LogP contribution in [0, 0.1) is 60.7 Å². The van der Waals surface area contributed by atoms with Gasteiger partial charge in [0.15, 0.2) is 0 Å². The number of hydrogen-bond acceptors (Lipinski definition) is 12. The molecule has 0 rings (SSSR count). The maximum absolute atomic E-state index is 8.36. The van der Waals surface area contributed by atoms with E-state index in [0.29, 0.717) is 0 Å². The summed E-state index contributed by atoms with van der Waals surface area (Å²) in [6.45, 7) is 0. The molecule has 24 nitrogen and oxygen atoms in total. The Morgan fingerprint density at radius 1 is 0.231 bits per heavy atom. The zero-order valence-corrected chi connectivity index (χ0v) is 10.3. The minimum atomic E-state index is -1.50. The van der Waals surface area contributed by atoms with Gasteiger partial charge in [0.25, 0.3) is 30.5 Å². The molecule has 0 bridgehead atoms. The molecule has 0 aromatic rings. The van der Waals surface area contributed by atoms with Crippen molar-refractivity contribution in [2.45, 2.75) is 0 Å². The summed E-state index contributed by atoms with van der Waals surface area (Å²) in [5, 5.41) is 81.8. The normalized spacial score (nSPS) is 3.69. The Morgan fingerprint density at radius 2 is 0.231 bits per heavy atom. The monoisotopic (exact) mass is 1010 g/mol. The molecule has 0 aliphatic heterocycles. The molecule has 0 aromatic heterocycles. The van der Waals surface area contributed by atoms with Crippen molar-refractivity contribution in [2.24, 2.45) is 0 Å². The molecule has 39 heavy (non-hydrogen) atoms. The van der Waals surface area contributed by atoms with Crippen LogP contribution in [0.5, 0.6) is 0 Å². The van der Waals surface area contributed by atoms with Gasteiger partial charge in [-0.1, -0.05) is 0 Å². The fourth-order valence-electron chi connectivity index (χ4n) is 0. The van der Waals surface area contributed by atoms with Gasteiger partial charge in [-0.05, 0) is 0 Å². The van der Waals surface area contributed by atoms with Crippen molar-refractivity contribution in [3.05, 3.63) is 60.7 Å². The van der Waals surface area contributed by atoms with Crippen molar-refractivity contribution >= 4 is 566 Å². The van der Waals surface area contributed by atoms with Crippen molar-refractivity contribution in [3.63, 3.8) is 0 Å². The molecule has 0 spiro atoms. The second kappa shape index (κ2) is 132. The third kappa shape index (κ3) is 658. The van der Waals surface area contributed by atoms with Gasteiger partial charge in [0.1, 0.15) is 0 Å². The fourth-order valence-corrected chi connectivity index (χ4v) is 0. The third-order valence-corrected chi connectivity index (χ3v) is 0. The van der Waals surface area contributed by atoms with Crippen molar-refractivity contribution in [2.75, 3.05) is 0 Å². The van der Waals surface area contributed by atoms with Crippen LogP contribution in [0.15, 0.2) is 0 Å². The summed E-state index contributed by atoms with van der Waals surface area (Å²) in [6, 6.07) is 0. The predicted molar refractivity (Wildman–Crippen MR) is 181 cm³/mol. The molecular formula is H36Ca15N6O18. The van der Waals surface area contributed by atoms with Crippen LogP contribution in [-0.4, -0.2) is 628 Å². The summed E-state index contributed by atoms with van der Waals surface area (Å²) in [6.07, 6.45) is 0. The Hall–Kier alpha value is 14.1. The summed E-state index contributed by atoms with van der Waals surface area (Å²) < 4.78 is 0. The minimum absolute atomic E-state index is 0. The van der Waals surface area contributed by atoms with E-state index in [4.69, 9.17) is 91.9 Å². The second-order valence-electron chi connectivity index (χ2n) is 1.43. The first-order chi connectivity index (χ1) is 10.4. The van der Waals surface area contributed by atoms with E-state index in [1.165, 1.54) is 0 Å². The second-order valence-corrected chi connectivity index (χ2v) is 1.43. The zero-order chi connectivity index (χ0) is 21.5. The van der Waals surface area contributed by atoms with Gasteiger partial charge >= 0.3 is 566 Å². The third-order valence-electron chi connectivity index (χ3n) is 0. The molecule has 39 heteroatoms. The molecule has 0 aromatic carbocycles. The molecule has 0 atom stereocenters. The first-order valence-electron chi connectivity index (χ1n) is 3.39. The summed E-state index contributed by atoms with van der Waals surface area (Å²) in [5.74, 6) is 0. The number of nitrogens with zero attached hydrogens (tertiary/aromatic N) is 6. The Morgan fingerprint density at radius 3 is 0.231 bits per heavy atom. The molecular weight excluding hydrogens is 973 g/mol. The van der Waals surface area contributed by atoms with E-state index in [-0.39, 0.29) is 566 Å². The van der Waals surface area contributed by atoms with E-state index >= 15 is 0 Å². The van der Waals surface area contributed by atoms with E-state index in [2.05, 4.69) is 0 Å². The van der Waals surface area contributed by atoms with Crippen molar-refractivity contribution < 1.29 is 61.8 Å². The van der Waals surface area contributed by atoms with E-state index in [1.807, 2.05) is 0 Å². The first-order valence-corrected chi connectivity index (χ1v) is 3.39.